The molecule has 0 saturated carbocycles. The van der Waals surface area contributed by atoms with E-state index in [-0.39, 0.29) is 12.5 Å². The number of thioether (sulfide) groups is 1. The third-order valence-corrected chi connectivity index (χ3v) is 5.35. The van der Waals surface area contributed by atoms with Gasteiger partial charge in [0.15, 0.2) is 6.61 Å². The summed E-state index contributed by atoms with van der Waals surface area (Å²) < 4.78 is 5.55. The largest absolute Gasteiger partial charge is 0.484 e. The molecule has 0 N–H and O–H groups in total. The predicted octanol–water partition coefficient (Wildman–Crippen LogP) is 3.49. The Kier molecular flexibility index (Phi) is 6.13. The van der Waals surface area contributed by atoms with Crippen LogP contribution in [0.4, 0.5) is 0 Å². The van der Waals surface area contributed by atoms with Crippen LogP contribution in [-0.2, 0) is 4.79 Å². The van der Waals surface area contributed by atoms with Gasteiger partial charge in [-0.2, -0.15) is 0 Å². The van der Waals surface area contributed by atoms with Gasteiger partial charge in [-0.3, -0.25) is 4.79 Å². The molecule has 3 rings (SSSR count). The third kappa shape index (κ3) is 4.99. The standard InChI is InChI=1S/C19H22N2O2S/c22-19(14-23-17-6-2-1-3-7-17)21-12-9-16(10-13-21)15-24-18-8-4-5-11-20-18/h1-8,11,16H,9-10,12-15H2. The van der Waals surface area contributed by atoms with Gasteiger partial charge >= 0.3 is 0 Å². The maximum absolute atomic E-state index is 12.2. The normalized spacial score (nSPS) is 15.2. The highest BCUT2D eigenvalue weighted by Crippen LogP contribution is 2.25. The molecule has 24 heavy (non-hydrogen) atoms. The van der Waals surface area contributed by atoms with Gasteiger partial charge in [-0.05, 0) is 43.0 Å². The van der Waals surface area contributed by atoms with Gasteiger partial charge in [0.05, 0.1) is 5.03 Å². The number of hydrogen-bond donors (Lipinski definition) is 0. The average Bonchev–Trinajstić information content (AvgIpc) is 2.66. The van der Waals surface area contributed by atoms with Crippen LogP contribution in [0.1, 0.15) is 12.8 Å². The van der Waals surface area contributed by atoms with Crippen molar-refractivity contribution in [1.29, 1.82) is 0 Å². The van der Waals surface area contributed by atoms with Gasteiger partial charge in [0.1, 0.15) is 5.75 Å². The van der Waals surface area contributed by atoms with Crippen LogP contribution in [0.5, 0.6) is 5.75 Å². The second-order valence-electron chi connectivity index (χ2n) is 5.90. The minimum Gasteiger partial charge on any atom is -0.484 e. The Hall–Kier alpha value is -2.01. The molecule has 1 amide bonds. The molecule has 0 radical (unpaired) electrons. The number of ether oxygens (including phenoxy) is 1. The van der Waals surface area contributed by atoms with Gasteiger partial charge in [0, 0.05) is 25.0 Å². The van der Waals surface area contributed by atoms with E-state index in [1.807, 2.05) is 59.6 Å². The zero-order chi connectivity index (χ0) is 16.6. The Bertz CT molecular complexity index is 628. The number of likely N-dealkylation sites (tertiary alicyclic amines) is 1. The van der Waals surface area contributed by atoms with Crippen LogP contribution in [-0.4, -0.2) is 41.2 Å². The molecular formula is C19H22N2O2S. The van der Waals surface area contributed by atoms with Crippen molar-refractivity contribution >= 4 is 17.7 Å². The molecule has 1 fully saturated rings. The molecule has 0 bridgehead atoms. The first-order chi connectivity index (χ1) is 11.8. The summed E-state index contributed by atoms with van der Waals surface area (Å²) in [5.41, 5.74) is 0. The van der Waals surface area contributed by atoms with Crippen LogP contribution >= 0.6 is 11.8 Å². The van der Waals surface area contributed by atoms with Crippen LogP contribution in [0.15, 0.2) is 59.8 Å². The lowest BCUT2D eigenvalue weighted by Crippen LogP contribution is -2.41. The summed E-state index contributed by atoms with van der Waals surface area (Å²) in [5, 5.41) is 1.08. The van der Waals surface area contributed by atoms with Gasteiger partial charge in [0.25, 0.3) is 5.91 Å². The van der Waals surface area contributed by atoms with Gasteiger partial charge in [-0.15, -0.1) is 11.8 Å². The molecule has 126 valence electrons. The molecule has 1 aliphatic heterocycles. The minimum atomic E-state index is 0.0784. The maximum atomic E-state index is 12.2. The first kappa shape index (κ1) is 16.8. The minimum absolute atomic E-state index is 0.0784. The molecule has 0 atom stereocenters. The molecule has 4 nitrogen and oxygen atoms in total. The number of amides is 1. The summed E-state index contributed by atoms with van der Waals surface area (Å²) in [6, 6.07) is 15.5. The van der Waals surface area contributed by atoms with E-state index in [0.29, 0.717) is 5.92 Å². The fourth-order valence-corrected chi connectivity index (χ4v) is 3.79. The monoisotopic (exact) mass is 342 g/mol. The van der Waals surface area contributed by atoms with E-state index in [2.05, 4.69) is 4.98 Å². The van der Waals surface area contributed by atoms with Crippen molar-refractivity contribution in [2.75, 3.05) is 25.4 Å². The lowest BCUT2D eigenvalue weighted by molar-refractivity contribution is -0.134. The SMILES string of the molecule is O=C(COc1ccccc1)N1CCC(CSc2ccccn2)CC1. The van der Waals surface area contributed by atoms with E-state index < -0.39 is 0 Å². The molecule has 0 unspecified atom stereocenters. The second kappa shape index (κ2) is 8.73. The van der Waals surface area contributed by atoms with E-state index in [1.54, 1.807) is 11.8 Å². The van der Waals surface area contributed by atoms with E-state index in [0.717, 1.165) is 42.5 Å². The Balaban J connectivity index is 1.37. The number of carbonyl (C=O) groups excluding carboxylic acids is 1. The highest BCUT2D eigenvalue weighted by molar-refractivity contribution is 7.99. The van der Waals surface area contributed by atoms with Crippen LogP contribution in [0.3, 0.4) is 0 Å². The van der Waals surface area contributed by atoms with Crippen LogP contribution in [0.25, 0.3) is 0 Å². The molecule has 2 heterocycles. The van der Waals surface area contributed by atoms with E-state index in [4.69, 9.17) is 4.74 Å². The van der Waals surface area contributed by atoms with Gasteiger partial charge in [-0.25, -0.2) is 4.98 Å². The van der Waals surface area contributed by atoms with Crippen LogP contribution in [0, 0.1) is 5.92 Å². The molecule has 5 heteroatoms. The number of para-hydroxylation sites is 1. The van der Waals surface area contributed by atoms with Crippen LogP contribution in [0.2, 0.25) is 0 Å². The molecule has 1 aliphatic rings. The smallest absolute Gasteiger partial charge is 0.260 e. The Labute approximate surface area is 147 Å². The summed E-state index contributed by atoms with van der Waals surface area (Å²) in [7, 11) is 0. The van der Waals surface area contributed by atoms with Crippen molar-refractivity contribution in [3.8, 4) is 5.75 Å². The van der Waals surface area contributed by atoms with E-state index in [1.165, 1.54) is 0 Å². The number of benzene rings is 1. The topological polar surface area (TPSA) is 42.4 Å². The van der Waals surface area contributed by atoms with Crippen molar-refractivity contribution in [1.82, 2.24) is 9.88 Å². The molecule has 1 aromatic carbocycles. The van der Waals surface area contributed by atoms with Crippen molar-refractivity contribution in [3.63, 3.8) is 0 Å². The van der Waals surface area contributed by atoms with E-state index >= 15 is 0 Å². The number of carbonyl (C=O) groups is 1. The average molecular weight is 342 g/mol. The van der Waals surface area contributed by atoms with Gasteiger partial charge in [-0.1, -0.05) is 24.3 Å². The highest BCUT2D eigenvalue weighted by Gasteiger charge is 2.23. The molecule has 0 spiro atoms. The van der Waals surface area contributed by atoms with Gasteiger partial charge in [0.2, 0.25) is 0 Å². The van der Waals surface area contributed by atoms with Crippen molar-refractivity contribution in [2.45, 2.75) is 17.9 Å². The predicted molar refractivity (Wildman–Crippen MR) is 96.2 cm³/mol. The van der Waals surface area contributed by atoms with E-state index in [9.17, 15) is 4.79 Å². The number of piperidine rings is 1. The summed E-state index contributed by atoms with van der Waals surface area (Å²) in [5.74, 6) is 2.54. The quantitative estimate of drug-likeness (QED) is 0.754. The lowest BCUT2D eigenvalue weighted by Gasteiger charge is -2.31. The van der Waals surface area contributed by atoms with Crippen molar-refractivity contribution in [3.05, 3.63) is 54.7 Å². The summed E-state index contributed by atoms with van der Waals surface area (Å²) in [6.45, 7) is 1.77. The lowest BCUT2D eigenvalue weighted by atomic mass is 9.99. The first-order valence-corrected chi connectivity index (χ1v) is 9.29. The Morgan fingerprint density at radius 2 is 1.88 bits per heavy atom. The molecule has 2 aromatic rings. The highest BCUT2D eigenvalue weighted by atomic mass is 32.2. The first-order valence-electron chi connectivity index (χ1n) is 8.31. The number of rotatable bonds is 6. The molecule has 0 aliphatic carbocycles. The Morgan fingerprint density at radius 3 is 2.58 bits per heavy atom. The number of nitrogens with zero attached hydrogens (tertiary/aromatic N) is 2. The maximum Gasteiger partial charge on any atom is 0.260 e. The molecular weight excluding hydrogens is 320 g/mol. The van der Waals surface area contributed by atoms with Crippen molar-refractivity contribution in [2.24, 2.45) is 5.92 Å². The summed E-state index contributed by atoms with van der Waals surface area (Å²) in [4.78, 5) is 18.5. The fourth-order valence-electron chi connectivity index (χ4n) is 2.74. The summed E-state index contributed by atoms with van der Waals surface area (Å²) in [6.07, 6.45) is 3.93. The zero-order valence-electron chi connectivity index (χ0n) is 13.6. The molecule has 1 saturated heterocycles. The third-order valence-electron chi connectivity index (χ3n) is 4.18. The van der Waals surface area contributed by atoms with Crippen molar-refractivity contribution < 1.29 is 9.53 Å². The zero-order valence-corrected chi connectivity index (χ0v) is 14.5. The second-order valence-corrected chi connectivity index (χ2v) is 6.95. The van der Waals surface area contributed by atoms with Gasteiger partial charge < -0.3 is 9.64 Å². The summed E-state index contributed by atoms with van der Waals surface area (Å²) >= 11 is 1.80. The van der Waals surface area contributed by atoms with Crippen LogP contribution < -0.4 is 4.74 Å². The number of pyridine rings is 1. The Morgan fingerprint density at radius 1 is 1.12 bits per heavy atom. The number of hydrogen-bond acceptors (Lipinski definition) is 4. The fraction of sp³-hybridized carbons (Fsp3) is 0.368. The number of aromatic nitrogens is 1. The molecule has 1 aromatic heterocycles.